The number of allylic oxidation sites excluding steroid dienone is 7. The Balaban J connectivity index is 0.000000267. The maximum absolute atomic E-state index is 11.0. The second-order valence-corrected chi connectivity index (χ2v) is 11.0. The first-order valence-corrected chi connectivity index (χ1v) is 14.0. The first kappa shape index (κ1) is 34.5. The Morgan fingerprint density at radius 3 is 1.18 bits per heavy atom. The zero-order valence-corrected chi connectivity index (χ0v) is 25.6. The molecule has 0 amide bonds. The quantitative estimate of drug-likeness (QED) is 0.232. The molecule has 0 radical (unpaired) electrons. The van der Waals surface area contributed by atoms with Crippen molar-refractivity contribution in [2.24, 2.45) is 5.41 Å². The molecule has 0 unspecified atom stereocenters. The van der Waals surface area contributed by atoms with Gasteiger partial charge in [-0.3, -0.25) is 0 Å². The van der Waals surface area contributed by atoms with E-state index in [0.717, 1.165) is 23.1 Å². The molecule has 0 aliphatic heterocycles. The Labute approximate surface area is 253 Å². The van der Waals surface area contributed by atoms with Gasteiger partial charge in [-0.05, 0) is 19.3 Å². The molecule has 0 saturated heterocycles. The van der Waals surface area contributed by atoms with Gasteiger partial charge in [-0.15, -0.1) is 37.0 Å². The molecule has 1 aliphatic carbocycles. The van der Waals surface area contributed by atoms with Gasteiger partial charge in [0.2, 0.25) is 0 Å². The van der Waals surface area contributed by atoms with Crippen LogP contribution >= 0.6 is 0 Å². The van der Waals surface area contributed by atoms with Crippen LogP contribution in [0.4, 0.5) is 0 Å². The molecule has 0 atom stereocenters. The van der Waals surface area contributed by atoms with E-state index in [9.17, 15) is 15.3 Å². The molecular weight excluding hydrogens is 528 g/mol. The molecule has 3 nitrogen and oxygen atoms in total. The summed E-state index contributed by atoms with van der Waals surface area (Å²) >= 11 is 2.22. The van der Waals surface area contributed by atoms with Crippen LogP contribution in [-0.4, -0.2) is 0 Å². The van der Waals surface area contributed by atoms with Gasteiger partial charge in [-0.2, -0.15) is 0 Å². The average Bonchev–Trinajstić information content (AvgIpc) is 3.37. The van der Waals surface area contributed by atoms with E-state index in [2.05, 4.69) is 73.1 Å². The molecule has 0 fully saturated rings. The van der Waals surface area contributed by atoms with E-state index in [4.69, 9.17) is 0 Å². The van der Waals surface area contributed by atoms with E-state index in [0.29, 0.717) is 24.7 Å². The first-order valence-electron chi connectivity index (χ1n) is 13.2. The van der Waals surface area contributed by atoms with Crippen LogP contribution in [0.5, 0.6) is 17.2 Å². The van der Waals surface area contributed by atoms with Crippen LogP contribution in [-0.2, 0) is 39.7 Å². The molecule has 0 saturated carbocycles. The van der Waals surface area contributed by atoms with Crippen molar-refractivity contribution in [2.75, 3.05) is 0 Å². The van der Waals surface area contributed by atoms with E-state index in [1.807, 2.05) is 36.4 Å². The van der Waals surface area contributed by atoms with Crippen LogP contribution in [0.1, 0.15) is 43.9 Å². The van der Waals surface area contributed by atoms with Gasteiger partial charge in [0.1, 0.15) is 0 Å². The van der Waals surface area contributed by atoms with Crippen molar-refractivity contribution in [1.82, 2.24) is 0 Å². The summed E-state index contributed by atoms with van der Waals surface area (Å²) in [7, 11) is 0. The summed E-state index contributed by atoms with van der Waals surface area (Å²) in [4.78, 5) is 0. The van der Waals surface area contributed by atoms with Crippen molar-refractivity contribution in [3.63, 3.8) is 0 Å². The summed E-state index contributed by atoms with van der Waals surface area (Å²) < 4.78 is 1.53. The van der Waals surface area contributed by atoms with Gasteiger partial charge in [0.05, 0.1) is 0 Å². The summed E-state index contributed by atoms with van der Waals surface area (Å²) in [6.45, 7) is 17.5. The molecule has 206 valence electrons. The SMILES string of the molecule is C=CCc1ccccc1[O-].C=CCc1ccccc1[O-].C=CCc1ccccc1[O-].CC(C)(C)C1=[C]([Ti+3])CC=C1. The summed E-state index contributed by atoms with van der Waals surface area (Å²) in [6.07, 6.45) is 12.9. The van der Waals surface area contributed by atoms with E-state index >= 15 is 0 Å². The fourth-order valence-electron chi connectivity index (χ4n) is 3.69. The summed E-state index contributed by atoms with van der Waals surface area (Å²) in [5.74, 6) is 0.298. The van der Waals surface area contributed by atoms with Gasteiger partial charge in [0, 0.05) is 0 Å². The third kappa shape index (κ3) is 13.0. The normalized spacial score (nSPS) is 11.6. The first-order chi connectivity index (χ1) is 19.0. The molecule has 4 rings (SSSR count). The molecular formula is C36H40O3Ti. The number of hydrogen-bond acceptors (Lipinski definition) is 3. The topological polar surface area (TPSA) is 69.2 Å². The second-order valence-electron chi connectivity index (χ2n) is 10.1. The van der Waals surface area contributed by atoms with E-state index in [1.54, 1.807) is 54.6 Å². The third-order valence-corrected chi connectivity index (χ3v) is 6.49. The number of hydrogen-bond donors (Lipinski definition) is 0. The van der Waals surface area contributed by atoms with Crippen LogP contribution in [0.15, 0.2) is 132 Å². The Kier molecular flexibility index (Phi) is 16.1. The van der Waals surface area contributed by atoms with Crippen LogP contribution in [0.3, 0.4) is 0 Å². The molecule has 1 aliphatic rings. The van der Waals surface area contributed by atoms with Crippen LogP contribution < -0.4 is 15.3 Å². The molecule has 4 heteroatoms. The van der Waals surface area contributed by atoms with Gasteiger partial charge >= 0.3 is 74.6 Å². The van der Waals surface area contributed by atoms with Gasteiger partial charge in [0.25, 0.3) is 0 Å². The Hall–Kier alpha value is -3.53. The summed E-state index contributed by atoms with van der Waals surface area (Å²) in [5.41, 5.74) is 4.32. The van der Waals surface area contributed by atoms with E-state index in [1.165, 1.54) is 9.45 Å². The molecule has 3 aromatic rings. The Morgan fingerprint density at radius 2 is 0.975 bits per heavy atom. The zero-order chi connectivity index (χ0) is 30.0. The van der Waals surface area contributed by atoms with Crippen molar-refractivity contribution >= 4 is 0 Å². The van der Waals surface area contributed by atoms with Gasteiger partial charge in [0.15, 0.2) is 0 Å². The Bertz CT molecular complexity index is 1160. The number of rotatable bonds is 6. The van der Waals surface area contributed by atoms with Crippen LogP contribution in [0, 0.1) is 5.41 Å². The predicted molar refractivity (Wildman–Crippen MR) is 160 cm³/mol. The van der Waals surface area contributed by atoms with Crippen LogP contribution in [0.25, 0.3) is 0 Å². The van der Waals surface area contributed by atoms with Crippen molar-refractivity contribution in [1.29, 1.82) is 0 Å². The zero-order valence-electron chi connectivity index (χ0n) is 24.0. The van der Waals surface area contributed by atoms with Gasteiger partial charge in [-0.25, -0.2) is 0 Å². The van der Waals surface area contributed by atoms with Crippen molar-refractivity contribution in [3.05, 3.63) is 149 Å². The van der Waals surface area contributed by atoms with Crippen molar-refractivity contribution < 1.29 is 35.8 Å². The summed E-state index contributed by atoms with van der Waals surface area (Å²) in [6, 6.07) is 21.0. The Morgan fingerprint density at radius 1 is 0.650 bits per heavy atom. The molecule has 0 aromatic heterocycles. The van der Waals surface area contributed by atoms with E-state index < -0.39 is 0 Å². The summed E-state index contributed by atoms with van der Waals surface area (Å²) in [5, 5.41) is 32.9. The average molecular weight is 569 g/mol. The van der Waals surface area contributed by atoms with Crippen molar-refractivity contribution in [3.8, 4) is 17.2 Å². The molecule has 3 aromatic carbocycles. The minimum atomic E-state index is 0.0994. The molecule has 0 spiro atoms. The molecule has 0 bridgehead atoms. The van der Waals surface area contributed by atoms with E-state index in [-0.39, 0.29) is 17.2 Å². The minimum absolute atomic E-state index is 0.0994. The molecule has 0 N–H and O–H groups in total. The maximum atomic E-state index is 11.0. The fourth-order valence-corrected chi connectivity index (χ4v) is 4.59. The number of benzene rings is 3. The third-order valence-electron chi connectivity index (χ3n) is 5.75. The number of para-hydroxylation sites is 3. The van der Waals surface area contributed by atoms with Gasteiger partial charge in [-0.1, -0.05) is 108 Å². The van der Waals surface area contributed by atoms with Crippen LogP contribution in [0.2, 0.25) is 0 Å². The monoisotopic (exact) mass is 568 g/mol. The standard InChI is InChI=1S/3C9H10O.C9H13.Ti/c3*1-2-5-8-6-3-4-7-9(8)10;1-9(2,3)8-6-4-5-7-8;/h3*2-4,6-7,10H,1,5H2;4,6H,5H2,1-3H3;/q;;;;+3/p-3. The second kappa shape index (κ2) is 18.7. The van der Waals surface area contributed by atoms with Crippen molar-refractivity contribution in [2.45, 2.75) is 46.5 Å². The van der Waals surface area contributed by atoms with Gasteiger partial charge < -0.3 is 15.3 Å². The molecule has 40 heavy (non-hydrogen) atoms. The fraction of sp³-hybridized carbons (Fsp3) is 0.222. The molecule has 0 heterocycles. The predicted octanol–water partition coefficient (Wildman–Crippen LogP) is 7.26.